The summed E-state index contributed by atoms with van der Waals surface area (Å²) in [6, 6.07) is 0. The molecule has 0 bridgehead atoms. The Morgan fingerprint density at radius 1 is 1.18 bits per heavy atom. The van der Waals surface area contributed by atoms with Gasteiger partial charge in [-0.1, -0.05) is 13.8 Å². The molecular formula is C16H36KNO4. The fraction of sp³-hybridized carbons (Fsp3) is 0.875. The molecule has 0 aromatic rings. The standard InChI is InChI=1S/C15H27NO4.CH4.K.2H2.H/c1-15(2,14(18)20-4)10-12(13(17)19-3)11-16-8-6-5-7-9-16;;;;;/h12H,5-11H2,1-4H3;1H4;;2*1H;/q;;+1;;;-1/i;;;2*1+1;. The number of nitrogens with zero attached hydrogens (tertiary/aromatic N) is 1. The molecule has 22 heavy (non-hydrogen) atoms. The van der Waals surface area contributed by atoms with Crippen molar-refractivity contribution in [1.29, 1.82) is 0 Å². The molecule has 0 aromatic heterocycles. The number of piperidine rings is 1. The number of carbonyl (C=O) groups excluding carboxylic acids is 2. The Balaban J connectivity index is -0.000000267. The summed E-state index contributed by atoms with van der Waals surface area (Å²) in [5.41, 5.74) is -0.677. The Morgan fingerprint density at radius 2 is 1.73 bits per heavy atom. The second kappa shape index (κ2) is 12.0. The maximum Gasteiger partial charge on any atom is 1.00 e. The van der Waals surface area contributed by atoms with Crippen LogP contribution in [-0.4, -0.2) is 50.7 Å². The van der Waals surface area contributed by atoms with Crippen LogP contribution in [0.2, 0.25) is 0 Å². The predicted molar refractivity (Wildman–Crippen MR) is 88.3 cm³/mol. The van der Waals surface area contributed by atoms with Crippen molar-refractivity contribution < 1.29 is 74.7 Å². The van der Waals surface area contributed by atoms with Gasteiger partial charge in [-0.2, -0.15) is 0 Å². The van der Waals surface area contributed by atoms with E-state index in [1.807, 2.05) is 13.8 Å². The first kappa shape index (κ1) is 24.8. The Morgan fingerprint density at radius 3 is 2.18 bits per heavy atom. The van der Waals surface area contributed by atoms with Crippen LogP contribution in [0.15, 0.2) is 0 Å². The number of rotatable bonds is 6. The summed E-state index contributed by atoms with van der Waals surface area (Å²) in [5, 5.41) is 0. The molecule has 0 N–H and O–H groups in total. The van der Waals surface area contributed by atoms with Gasteiger partial charge >= 0.3 is 63.3 Å². The summed E-state index contributed by atoms with van der Waals surface area (Å²) in [4.78, 5) is 26.0. The molecule has 1 fully saturated rings. The van der Waals surface area contributed by atoms with Crippen molar-refractivity contribution >= 4 is 11.9 Å². The van der Waals surface area contributed by atoms with Gasteiger partial charge in [-0.25, -0.2) is 0 Å². The first-order valence-corrected chi connectivity index (χ1v) is 7.29. The van der Waals surface area contributed by atoms with Crippen LogP contribution in [0, 0.1) is 11.3 Å². The summed E-state index contributed by atoms with van der Waals surface area (Å²) in [5.74, 6) is -0.815. The Bertz CT molecular complexity index is 354. The molecule has 0 amide bonds. The van der Waals surface area contributed by atoms with Gasteiger partial charge in [0.05, 0.1) is 25.6 Å². The van der Waals surface area contributed by atoms with Gasteiger partial charge in [-0.05, 0) is 46.2 Å². The van der Waals surface area contributed by atoms with Crippen LogP contribution < -0.4 is 51.4 Å². The molecule has 130 valence electrons. The number of likely N-dealkylation sites (tertiary alicyclic amines) is 1. The summed E-state index contributed by atoms with van der Waals surface area (Å²) in [6.45, 7) is 6.32. The van der Waals surface area contributed by atoms with Crippen LogP contribution in [0.5, 0.6) is 0 Å². The summed E-state index contributed by atoms with van der Waals surface area (Å²) in [6.07, 6.45) is 4.05. The molecule has 1 rings (SSSR count). The zero-order valence-electron chi connectivity index (χ0n) is 15.1. The van der Waals surface area contributed by atoms with Gasteiger partial charge in [-0.3, -0.25) is 9.59 Å². The van der Waals surface area contributed by atoms with Crippen LogP contribution in [0.25, 0.3) is 0 Å². The van der Waals surface area contributed by atoms with Crippen molar-refractivity contribution in [1.82, 2.24) is 4.90 Å². The van der Waals surface area contributed by atoms with E-state index in [0.29, 0.717) is 13.0 Å². The average molecular weight is 348 g/mol. The molecule has 1 atom stereocenters. The molecule has 5 nitrogen and oxygen atoms in total. The second-order valence-electron chi connectivity index (χ2n) is 6.16. The third-order valence-corrected chi connectivity index (χ3v) is 3.96. The average Bonchev–Trinajstić information content (AvgIpc) is 2.45. The van der Waals surface area contributed by atoms with Gasteiger partial charge in [0, 0.05) is 9.40 Å². The Hall–Kier alpha value is 0.536. The van der Waals surface area contributed by atoms with Crippen molar-refractivity contribution in [2.45, 2.75) is 47.0 Å². The molecule has 1 aliphatic heterocycles. The predicted octanol–water partition coefficient (Wildman–Crippen LogP) is 0.0954. The van der Waals surface area contributed by atoms with Crippen LogP contribution in [0.1, 0.15) is 51.2 Å². The number of ether oxygens (including phenoxy) is 2. The van der Waals surface area contributed by atoms with Crippen molar-refractivity contribution in [2.24, 2.45) is 11.3 Å². The quantitative estimate of drug-likeness (QED) is 0.504. The SMILES string of the molecule is C.COC(=O)C(CN1CCCCC1)CC(C)(C)C(=O)OC.[2HH].[2HH].[H-].[K+]. The first-order valence-electron chi connectivity index (χ1n) is 7.29. The van der Waals surface area contributed by atoms with E-state index in [2.05, 4.69) is 4.90 Å². The molecular weight excluding hydrogens is 309 g/mol. The monoisotopic (exact) mass is 347 g/mol. The minimum Gasteiger partial charge on any atom is -1.00 e. The number of carbonyl (C=O) groups is 2. The van der Waals surface area contributed by atoms with E-state index < -0.39 is 5.41 Å². The van der Waals surface area contributed by atoms with Crippen molar-refractivity contribution in [2.75, 3.05) is 33.9 Å². The van der Waals surface area contributed by atoms with Gasteiger partial charge in [0.2, 0.25) is 0 Å². The van der Waals surface area contributed by atoms with Crippen molar-refractivity contribution in [3.05, 3.63) is 0 Å². The van der Waals surface area contributed by atoms with E-state index in [4.69, 9.17) is 9.47 Å². The maximum absolute atomic E-state index is 12.0. The van der Waals surface area contributed by atoms with E-state index in [0.717, 1.165) is 13.1 Å². The molecule has 1 unspecified atom stereocenters. The largest absolute Gasteiger partial charge is 1.00 e. The molecule has 0 radical (unpaired) electrons. The first-order chi connectivity index (χ1) is 9.40. The van der Waals surface area contributed by atoms with Gasteiger partial charge in [0.1, 0.15) is 0 Å². The van der Waals surface area contributed by atoms with Crippen molar-refractivity contribution in [3.63, 3.8) is 0 Å². The molecule has 0 saturated carbocycles. The van der Waals surface area contributed by atoms with Gasteiger partial charge in [-0.15, -0.1) is 0 Å². The van der Waals surface area contributed by atoms with Crippen LogP contribution in [0.3, 0.4) is 0 Å². The molecule has 1 heterocycles. The third-order valence-electron chi connectivity index (χ3n) is 3.96. The summed E-state index contributed by atoms with van der Waals surface area (Å²) >= 11 is 0. The van der Waals surface area contributed by atoms with Gasteiger partial charge < -0.3 is 15.8 Å². The summed E-state index contributed by atoms with van der Waals surface area (Å²) in [7, 11) is 2.78. The maximum atomic E-state index is 12.0. The van der Waals surface area contributed by atoms with Crippen LogP contribution >= 0.6 is 0 Å². The van der Waals surface area contributed by atoms with E-state index >= 15 is 0 Å². The van der Waals surface area contributed by atoms with E-state index in [-0.39, 0.29) is 80.9 Å². The number of esters is 2. The van der Waals surface area contributed by atoms with Crippen LogP contribution in [-0.2, 0) is 19.1 Å². The van der Waals surface area contributed by atoms with Crippen LogP contribution in [0.4, 0.5) is 0 Å². The fourth-order valence-electron chi connectivity index (χ4n) is 2.82. The Kier molecular flexibility index (Phi) is 13.5. The molecule has 0 aromatic carbocycles. The van der Waals surface area contributed by atoms with Gasteiger partial charge in [0.25, 0.3) is 0 Å². The zero-order chi connectivity index (χ0) is 15.2. The van der Waals surface area contributed by atoms with Crippen molar-refractivity contribution in [3.8, 4) is 0 Å². The van der Waals surface area contributed by atoms with E-state index in [1.165, 1.54) is 33.5 Å². The molecule has 1 aliphatic rings. The van der Waals surface area contributed by atoms with E-state index in [1.54, 1.807) is 0 Å². The number of hydrogen-bond acceptors (Lipinski definition) is 5. The summed E-state index contributed by atoms with van der Waals surface area (Å²) < 4.78 is 9.71. The fourth-order valence-corrected chi connectivity index (χ4v) is 2.82. The smallest absolute Gasteiger partial charge is 1.00 e. The zero-order valence-corrected chi connectivity index (χ0v) is 17.2. The normalized spacial score (nSPS) is 16.7. The third kappa shape index (κ3) is 7.88. The Labute approximate surface area is 182 Å². The number of methoxy groups -OCH3 is 2. The van der Waals surface area contributed by atoms with Gasteiger partial charge in [0.15, 0.2) is 0 Å². The topological polar surface area (TPSA) is 55.8 Å². The second-order valence-corrected chi connectivity index (χ2v) is 6.16. The minimum absolute atomic E-state index is 0. The molecule has 0 spiro atoms. The number of hydrogen-bond donors (Lipinski definition) is 0. The molecule has 1 saturated heterocycles. The molecule has 0 aliphatic carbocycles. The van der Waals surface area contributed by atoms with E-state index in [9.17, 15) is 9.59 Å². The minimum atomic E-state index is -0.677. The molecule has 6 heteroatoms.